The van der Waals surface area contributed by atoms with Gasteiger partial charge in [0, 0.05) is 24.3 Å². The van der Waals surface area contributed by atoms with Gasteiger partial charge in [0.15, 0.2) is 0 Å². The van der Waals surface area contributed by atoms with Crippen molar-refractivity contribution in [3.05, 3.63) is 48.0 Å². The summed E-state index contributed by atoms with van der Waals surface area (Å²) in [7, 11) is 0. The summed E-state index contributed by atoms with van der Waals surface area (Å²) in [6.45, 7) is 0.416. The lowest BCUT2D eigenvalue weighted by Gasteiger charge is -2.28. The minimum absolute atomic E-state index is 0.220. The third kappa shape index (κ3) is 3.44. The van der Waals surface area contributed by atoms with E-state index in [9.17, 15) is 14.7 Å². The highest BCUT2D eigenvalue weighted by Crippen LogP contribution is 2.25. The maximum Gasteiger partial charge on any atom is 0.224 e. The molecule has 1 aliphatic rings. The number of amides is 1. The van der Waals surface area contributed by atoms with Crippen LogP contribution in [0.3, 0.4) is 0 Å². The van der Waals surface area contributed by atoms with E-state index in [2.05, 4.69) is 5.32 Å². The Kier molecular flexibility index (Phi) is 4.34. The van der Waals surface area contributed by atoms with Crippen LogP contribution in [-0.4, -0.2) is 11.9 Å². The summed E-state index contributed by atoms with van der Waals surface area (Å²) in [6, 6.07) is 9.53. The second-order valence-electron chi connectivity index (χ2n) is 4.68. The molecule has 0 unspecified atom stereocenters. The van der Waals surface area contributed by atoms with Crippen LogP contribution in [0.15, 0.2) is 42.5 Å². The molecule has 0 heterocycles. The minimum Gasteiger partial charge on any atom is -0.550 e. The van der Waals surface area contributed by atoms with Gasteiger partial charge in [-0.05, 0) is 18.4 Å². The topological polar surface area (TPSA) is 69.2 Å². The molecule has 1 aromatic carbocycles. The molecule has 0 radical (unpaired) electrons. The van der Waals surface area contributed by atoms with Crippen LogP contribution in [0.5, 0.6) is 0 Å². The van der Waals surface area contributed by atoms with E-state index in [1.54, 1.807) is 6.08 Å². The van der Waals surface area contributed by atoms with Gasteiger partial charge >= 0.3 is 0 Å². The Morgan fingerprint density at radius 3 is 2.37 bits per heavy atom. The van der Waals surface area contributed by atoms with Crippen molar-refractivity contribution in [1.29, 1.82) is 0 Å². The van der Waals surface area contributed by atoms with Gasteiger partial charge in [0.25, 0.3) is 0 Å². The predicted molar refractivity (Wildman–Crippen MR) is 68.6 cm³/mol. The summed E-state index contributed by atoms with van der Waals surface area (Å²) in [5.74, 6) is -2.62. The molecule has 0 spiro atoms. The van der Waals surface area contributed by atoms with Gasteiger partial charge in [-0.2, -0.15) is 0 Å². The van der Waals surface area contributed by atoms with Crippen LogP contribution in [0, 0.1) is 11.8 Å². The molecule has 19 heavy (non-hydrogen) atoms. The number of nitrogens with one attached hydrogen (secondary N) is 1. The molecule has 0 fully saturated rings. The number of benzene rings is 1. The highest BCUT2D eigenvalue weighted by Gasteiger charge is 2.29. The van der Waals surface area contributed by atoms with Crippen molar-refractivity contribution in [2.45, 2.75) is 19.4 Å². The molecule has 1 N–H and O–H groups in total. The Hall–Kier alpha value is -2.10. The first-order chi connectivity index (χ1) is 9.18. The summed E-state index contributed by atoms with van der Waals surface area (Å²) in [6.07, 6.45) is 4.47. The molecule has 0 saturated carbocycles. The smallest absolute Gasteiger partial charge is 0.224 e. The van der Waals surface area contributed by atoms with Crippen LogP contribution < -0.4 is 10.4 Å². The summed E-state index contributed by atoms with van der Waals surface area (Å²) >= 11 is 0. The number of hydrogen-bond acceptors (Lipinski definition) is 3. The quantitative estimate of drug-likeness (QED) is 0.806. The second-order valence-corrected chi connectivity index (χ2v) is 4.68. The fourth-order valence-corrected chi connectivity index (χ4v) is 2.28. The molecule has 2 rings (SSSR count). The Morgan fingerprint density at radius 1 is 1.11 bits per heavy atom. The number of rotatable bonds is 4. The molecule has 0 aliphatic heterocycles. The van der Waals surface area contributed by atoms with Crippen molar-refractivity contribution in [1.82, 2.24) is 5.32 Å². The molecule has 4 heteroatoms. The van der Waals surface area contributed by atoms with E-state index < -0.39 is 17.8 Å². The maximum absolute atomic E-state index is 12.1. The molecule has 1 aromatic rings. The first kappa shape index (κ1) is 13.3. The molecule has 2 atom stereocenters. The number of carboxylic acids is 1. The van der Waals surface area contributed by atoms with Crippen LogP contribution in [0.4, 0.5) is 0 Å². The number of carbonyl (C=O) groups is 2. The molecule has 0 saturated heterocycles. The number of hydrogen-bond donors (Lipinski definition) is 1. The number of carboxylic acid groups (broad SMARTS) is 1. The summed E-state index contributed by atoms with van der Waals surface area (Å²) < 4.78 is 0. The summed E-state index contributed by atoms with van der Waals surface area (Å²) in [5, 5.41) is 13.8. The molecular formula is C15H16NO3-. The largest absolute Gasteiger partial charge is 0.550 e. The van der Waals surface area contributed by atoms with Crippen LogP contribution in [-0.2, 0) is 16.1 Å². The Morgan fingerprint density at radius 2 is 1.74 bits per heavy atom. The highest BCUT2D eigenvalue weighted by atomic mass is 16.4. The SMILES string of the molecule is O=C([O-])[C@H]1CC=CC[C@@H]1C(=O)NCc1ccccc1. The van der Waals surface area contributed by atoms with Gasteiger partial charge in [0.2, 0.25) is 5.91 Å². The predicted octanol–water partition coefficient (Wildman–Crippen LogP) is 0.635. The van der Waals surface area contributed by atoms with Crippen LogP contribution >= 0.6 is 0 Å². The monoisotopic (exact) mass is 258 g/mol. The van der Waals surface area contributed by atoms with Crippen molar-refractivity contribution in [3.8, 4) is 0 Å². The Labute approximate surface area is 112 Å². The number of allylic oxidation sites excluding steroid dienone is 2. The average molecular weight is 258 g/mol. The normalized spacial score (nSPS) is 21.9. The van der Waals surface area contributed by atoms with Gasteiger partial charge in [0.05, 0.1) is 0 Å². The molecule has 100 valence electrons. The third-order valence-electron chi connectivity index (χ3n) is 3.38. The fraction of sp³-hybridized carbons (Fsp3) is 0.333. The van der Waals surface area contributed by atoms with Gasteiger partial charge in [-0.1, -0.05) is 42.5 Å². The molecule has 0 bridgehead atoms. The van der Waals surface area contributed by atoms with Crippen LogP contribution in [0.2, 0.25) is 0 Å². The molecule has 4 nitrogen and oxygen atoms in total. The van der Waals surface area contributed by atoms with E-state index in [1.165, 1.54) is 0 Å². The zero-order valence-electron chi connectivity index (χ0n) is 10.5. The van der Waals surface area contributed by atoms with Gasteiger partial charge in [0.1, 0.15) is 0 Å². The van der Waals surface area contributed by atoms with Crippen LogP contribution in [0.25, 0.3) is 0 Å². The Balaban J connectivity index is 1.95. The molecular weight excluding hydrogens is 242 g/mol. The maximum atomic E-state index is 12.1. The van der Waals surface area contributed by atoms with Gasteiger partial charge in [-0.15, -0.1) is 0 Å². The van der Waals surface area contributed by atoms with E-state index in [0.29, 0.717) is 19.4 Å². The second kappa shape index (κ2) is 6.18. The minimum atomic E-state index is -1.15. The van der Waals surface area contributed by atoms with E-state index in [4.69, 9.17) is 0 Å². The third-order valence-corrected chi connectivity index (χ3v) is 3.38. The van der Waals surface area contributed by atoms with Gasteiger partial charge in [-0.25, -0.2) is 0 Å². The van der Waals surface area contributed by atoms with E-state index >= 15 is 0 Å². The molecule has 0 aromatic heterocycles. The zero-order valence-corrected chi connectivity index (χ0v) is 10.5. The van der Waals surface area contributed by atoms with E-state index in [1.807, 2.05) is 36.4 Å². The first-order valence-electron chi connectivity index (χ1n) is 6.36. The number of carbonyl (C=O) groups excluding carboxylic acids is 2. The van der Waals surface area contributed by atoms with Crippen molar-refractivity contribution >= 4 is 11.9 Å². The molecule has 1 aliphatic carbocycles. The van der Waals surface area contributed by atoms with Crippen LogP contribution in [0.1, 0.15) is 18.4 Å². The van der Waals surface area contributed by atoms with E-state index in [0.717, 1.165) is 5.56 Å². The summed E-state index contributed by atoms with van der Waals surface area (Å²) in [5.41, 5.74) is 0.993. The first-order valence-corrected chi connectivity index (χ1v) is 6.36. The lowest BCUT2D eigenvalue weighted by Crippen LogP contribution is -2.43. The Bertz CT molecular complexity index is 481. The highest BCUT2D eigenvalue weighted by molar-refractivity contribution is 5.84. The lowest BCUT2D eigenvalue weighted by molar-refractivity contribution is -0.313. The lowest BCUT2D eigenvalue weighted by atomic mass is 9.82. The average Bonchev–Trinajstić information content (AvgIpc) is 2.46. The van der Waals surface area contributed by atoms with Crippen molar-refractivity contribution < 1.29 is 14.7 Å². The van der Waals surface area contributed by atoms with Crippen molar-refractivity contribution in [2.75, 3.05) is 0 Å². The van der Waals surface area contributed by atoms with Gasteiger partial charge in [-0.3, -0.25) is 4.79 Å². The zero-order chi connectivity index (χ0) is 13.7. The molecule has 1 amide bonds. The van der Waals surface area contributed by atoms with Crippen molar-refractivity contribution in [2.24, 2.45) is 11.8 Å². The van der Waals surface area contributed by atoms with E-state index in [-0.39, 0.29) is 5.91 Å². The number of aliphatic carboxylic acids is 1. The fourth-order valence-electron chi connectivity index (χ4n) is 2.28. The summed E-state index contributed by atoms with van der Waals surface area (Å²) in [4.78, 5) is 23.1. The standard InChI is InChI=1S/C15H17NO3/c17-14(16-10-11-6-2-1-3-7-11)12-8-4-5-9-13(12)15(18)19/h1-7,12-13H,8-10H2,(H,16,17)(H,18,19)/p-1/t12-,13-/m0/s1. The van der Waals surface area contributed by atoms with Gasteiger partial charge < -0.3 is 15.2 Å². The van der Waals surface area contributed by atoms with Crippen molar-refractivity contribution in [3.63, 3.8) is 0 Å².